The van der Waals surface area contributed by atoms with E-state index in [4.69, 9.17) is 11.6 Å². The van der Waals surface area contributed by atoms with E-state index >= 15 is 0 Å². The Kier molecular flexibility index (Phi) is 1.46. The Balaban J connectivity index is 2.80. The molecule has 62 valence electrons. The highest BCUT2D eigenvalue weighted by Gasteiger charge is 2.23. The zero-order chi connectivity index (χ0) is 8.77. The van der Waals surface area contributed by atoms with Gasteiger partial charge in [-0.2, -0.15) is 8.42 Å². The van der Waals surface area contributed by atoms with Crippen molar-refractivity contribution in [3.8, 4) is 0 Å². The Hall–Kier alpha value is -0.940. The number of hydrogen-bond donors (Lipinski definition) is 0. The van der Waals surface area contributed by atoms with Crippen LogP contribution in [0, 0.1) is 0 Å². The lowest BCUT2D eigenvalue weighted by Gasteiger charge is -1.93. The van der Waals surface area contributed by atoms with Gasteiger partial charge in [-0.15, -0.1) is 5.11 Å². The predicted octanol–water partition coefficient (Wildman–Crippen LogP) is 2.13. The molecule has 0 radical (unpaired) electrons. The molecule has 0 aliphatic carbocycles. The molecule has 0 saturated heterocycles. The van der Waals surface area contributed by atoms with Crippen LogP contribution < -0.4 is 0 Å². The number of halogens is 1. The number of benzene rings is 1. The SMILES string of the molecule is O=S1(=O)N=Nc2ccc(Cl)cc21. The zero-order valence-electron chi connectivity index (χ0n) is 5.73. The Morgan fingerprint density at radius 2 is 2.08 bits per heavy atom. The number of sulfonamides is 1. The maximum Gasteiger partial charge on any atom is 0.302 e. The number of hydrogen-bond acceptors (Lipinski definition) is 3. The van der Waals surface area contributed by atoms with Gasteiger partial charge in [0.1, 0.15) is 10.6 Å². The molecule has 12 heavy (non-hydrogen) atoms. The van der Waals surface area contributed by atoms with Crippen LogP contribution in [-0.4, -0.2) is 8.42 Å². The minimum absolute atomic E-state index is 0.0787. The van der Waals surface area contributed by atoms with Crippen molar-refractivity contribution in [2.75, 3.05) is 0 Å². The van der Waals surface area contributed by atoms with E-state index in [2.05, 4.69) is 9.63 Å². The molecule has 0 spiro atoms. The summed E-state index contributed by atoms with van der Waals surface area (Å²) in [5.41, 5.74) is 0.347. The van der Waals surface area contributed by atoms with E-state index in [1.807, 2.05) is 0 Å². The van der Waals surface area contributed by atoms with Crippen LogP contribution in [0.2, 0.25) is 5.02 Å². The smallest absolute Gasteiger partial charge is 0.198 e. The fraction of sp³-hybridized carbons (Fsp3) is 0. The van der Waals surface area contributed by atoms with E-state index in [0.717, 1.165) is 0 Å². The van der Waals surface area contributed by atoms with Gasteiger partial charge in [0.15, 0.2) is 0 Å². The highest BCUT2D eigenvalue weighted by Crippen LogP contribution is 2.34. The van der Waals surface area contributed by atoms with Crippen LogP contribution in [0.3, 0.4) is 0 Å². The van der Waals surface area contributed by atoms with E-state index in [0.29, 0.717) is 10.7 Å². The molecule has 6 heteroatoms. The summed E-state index contributed by atoms with van der Waals surface area (Å²) in [6.45, 7) is 0. The van der Waals surface area contributed by atoms with Crippen molar-refractivity contribution in [1.82, 2.24) is 0 Å². The molecule has 0 amide bonds. The molecule has 0 saturated carbocycles. The van der Waals surface area contributed by atoms with Crippen molar-refractivity contribution >= 4 is 27.3 Å². The quantitative estimate of drug-likeness (QED) is 0.647. The minimum Gasteiger partial charge on any atom is -0.198 e. The molecule has 0 N–H and O–H groups in total. The normalized spacial score (nSPS) is 17.8. The highest BCUT2D eigenvalue weighted by molar-refractivity contribution is 7.90. The van der Waals surface area contributed by atoms with Gasteiger partial charge in [-0.25, -0.2) is 0 Å². The van der Waals surface area contributed by atoms with Crippen molar-refractivity contribution < 1.29 is 8.42 Å². The molecule has 0 bridgehead atoms. The predicted molar refractivity (Wildman–Crippen MR) is 43.2 cm³/mol. The van der Waals surface area contributed by atoms with Crippen LogP contribution in [0.25, 0.3) is 0 Å². The van der Waals surface area contributed by atoms with Gasteiger partial charge >= 0.3 is 10.0 Å². The summed E-state index contributed by atoms with van der Waals surface area (Å²) in [7, 11) is -3.55. The average Bonchev–Trinajstić information content (AvgIpc) is 2.28. The summed E-state index contributed by atoms with van der Waals surface area (Å²) in [6, 6.07) is 4.43. The van der Waals surface area contributed by atoms with Gasteiger partial charge in [0.25, 0.3) is 0 Å². The van der Waals surface area contributed by atoms with Gasteiger partial charge in [0.05, 0.1) is 0 Å². The number of rotatable bonds is 0. The topological polar surface area (TPSA) is 58.9 Å². The van der Waals surface area contributed by atoms with E-state index in [9.17, 15) is 8.42 Å². The highest BCUT2D eigenvalue weighted by atomic mass is 35.5. The average molecular weight is 203 g/mol. The standard InChI is InChI=1S/C6H3ClN2O2S/c7-4-1-2-5-6(3-4)12(10,11)9-8-5/h1-3H. The lowest BCUT2D eigenvalue weighted by atomic mass is 10.3. The third kappa shape index (κ3) is 1.02. The second-order valence-corrected chi connectivity index (χ2v) is 4.26. The summed E-state index contributed by atoms with van der Waals surface area (Å²) in [5, 5.41) is 3.84. The lowest BCUT2D eigenvalue weighted by molar-refractivity contribution is 0.599. The minimum atomic E-state index is -3.55. The molecule has 0 unspecified atom stereocenters. The summed E-state index contributed by atoms with van der Waals surface area (Å²) in [4.78, 5) is 0.0787. The molecule has 2 rings (SSSR count). The number of nitrogens with zero attached hydrogens (tertiary/aromatic N) is 2. The van der Waals surface area contributed by atoms with Crippen LogP contribution >= 0.6 is 11.6 Å². The molecular formula is C6H3ClN2O2S. The fourth-order valence-electron chi connectivity index (χ4n) is 0.919. The fourth-order valence-corrected chi connectivity index (χ4v) is 2.09. The first-order valence-electron chi connectivity index (χ1n) is 3.07. The van der Waals surface area contributed by atoms with Gasteiger partial charge in [-0.3, -0.25) is 0 Å². The molecule has 1 aliphatic heterocycles. The van der Waals surface area contributed by atoms with Crippen molar-refractivity contribution in [2.45, 2.75) is 4.90 Å². The first-order valence-corrected chi connectivity index (χ1v) is 4.89. The van der Waals surface area contributed by atoms with Crippen LogP contribution in [-0.2, 0) is 10.0 Å². The molecule has 0 fully saturated rings. The van der Waals surface area contributed by atoms with Crippen molar-refractivity contribution in [1.29, 1.82) is 0 Å². The van der Waals surface area contributed by atoms with Crippen molar-refractivity contribution in [3.63, 3.8) is 0 Å². The Morgan fingerprint density at radius 3 is 2.83 bits per heavy atom. The summed E-state index contributed by atoms with van der Waals surface area (Å²) in [6.07, 6.45) is 0. The van der Waals surface area contributed by atoms with Gasteiger partial charge in [-0.1, -0.05) is 16.1 Å². The molecule has 4 nitrogen and oxygen atoms in total. The van der Waals surface area contributed by atoms with Gasteiger partial charge in [-0.05, 0) is 18.2 Å². The van der Waals surface area contributed by atoms with E-state index in [1.54, 1.807) is 6.07 Å². The maximum absolute atomic E-state index is 11.1. The van der Waals surface area contributed by atoms with Crippen LogP contribution in [0.15, 0.2) is 32.7 Å². The lowest BCUT2D eigenvalue weighted by Crippen LogP contribution is -1.90. The number of fused-ring (bicyclic) bond motifs is 1. The summed E-state index contributed by atoms with van der Waals surface area (Å²) >= 11 is 5.60. The largest absolute Gasteiger partial charge is 0.302 e. The van der Waals surface area contributed by atoms with E-state index in [1.165, 1.54) is 12.1 Å². The van der Waals surface area contributed by atoms with Crippen molar-refractivity contribution in [3.05, 3.63) is 23.2 Å². The van der Waals surface area contributed by atoms with Crippen LogP contribution in [0.5, 0.6) is 0 Å². The third-order valence-corrected chi connectivity index (χ3v) is 2.87. The maximum atomic E-state index is 11.1. The van der Waals surface area contributed by atoms with Crippen LogP contribution in [0.4, 0.5) is 5.69 Å². The first-order chi connectivity index (χ1) is 5.59. The van der Waals surface area contributed by atoms with E-state index in [-0.39, 0.29) is 4.90 Å². The van der Waals surface area contributed by atoms with Gasteiger partial charge in [0, 0.05) is 5.02 Å². The second kappa shape index (κ2) is 2.27. The Bertz CT molecular complexity index is 466. The molecule has 1 aliphatic rings. The van der Waals surface area contributed by atoms with Crippen LogP contribution in [0.1, 0.15) is 0 Å². The molecule has 1 aromatic rings. The van der Waals surface area contributed by atoms with Crippen molar-refractivity contribution in [2.24, 2.45) is 9.63 Å². The molecule has 0 atom stereocenters. The van der Waals surface area contributed by atoms with Gasteiger partial charge in [0.2, 0.25) is 0 Å². The summed E-state index contributed by atoms with van der Waals surface area (Å²) < 4.78 is 25.3. The Morgan fingerprint density at radius 1 is 1.33 bits per heavy atom. The van der Waals surface area contributed by atoms with E-state index < -0.39 is 10.0 Å². The monoisotopic (exact) mass is 202 g/mol. The summed E-state index contributed by atoms with van der Waals surface area (Å²) in [5.74, 6) is 0. The third-order valence-electron chi connectivity index (χ3n) is 1.46. The zero-order valence-corrected chi connectivity index (χ0v) is 7.30. The van der Waals surface area contributed by atoms with Gasteiger partial charge < -0.3 is 0 Å². The molecular weight excluding hydrogens is 200 g/mol. The Labute approximate surface area is 73.9 Å². The molecule has 1 heterocycles. The second-order valence-electron chi connectivity index (χ2n) is 2.27. The first kappa shape index (κ1) is 7.70. The molecule has 0 aromatic heterocycles. The molecule has 1 aromatic carbocycles.